The van der Waals surface area contributed by atoms with Crippen molar-refractivity contribution in [2.24, 2.45) is 5.41 Å². The van der Waals surface area contributed by atoms with Crippen molar-refractivity contribution >= 4 is 12.0 Å². The van der Waals surface area contributed by atoms with E-state index in [1.807, 2.05) is 0 Å². The molecule has 6 heteroatoms. The van der Waals surface area contributed by atoms with E-state index in [0.29, 0.717) is 32.6 Å². The molecule has 1 aliphatic rings. The fourth-order valence-corrected chi connectivity index (χ4v) is 2.37. The third-order valence-electron chi connectivity index (χ3n) is 3.75. The molecule has 0 heterocycles. The van der Waals surface area contributed by atoms with Crippen LogP contribution in [0.5, 0.6) is 0 Å². The topological polar surface area (TPSA) is 87.7 Å². The lowest BCUT2D eigenvalue weighted by Gasteiger charge is -2.27. The highest BCUT2D eigenvalue weighted by molar-refractivity contribution is 5.79. The summed E-state index contributed by atoms with van der Waals surface area (Å²) < 4.78 is 5.27. The number of carbonyl (C=O) groups excluding carboxylic acids is 1. The number of amides is 2. The summed E-state index contributed by atoms with van der Waals surface area (Å²) in [7, 11) is 0. The van der Waals surface area contributed by atoms with Gasteiger partial charge in [-0.25, -0.2) is 4.79 Å². The van der Waals surface area contributed by atoms with Crippen LogP contribution in [0.1, 0.15) is 32.6 Å². The van der Waals surface area contributed by atoms with Gasteiger partial charge in [0.25, 0.3) is 0 Å². The lowest BCUT2D eigenvalue weighted by molar-refractivity contribution is -0.148. The Hall–Kier alpha value is -1.56. The first-order chi connectivity index (χ1) is 9.50. The summed E-state index contributed by atoms with van der Waals surface area (Å²) in [6.45, 7) is 6.70. The molecule has 114 valence electrons. The molecule has 20 heavy (non-hydrogen) atoms. The van der Waals surface area contributed by atoms with Crippen molar-refractivity contribution in [3.8, 4) is 0 Å². The van der Waals surface area contributed by atoms with Gasteiger partial charge in [-0.15, -0.1) is 6.58 Å². The van der Waals surface area contributed by atoms with Crippen LogP contribution in [0.25, 0.3) is 0 Å². The molecular weight excluding hydrogens is 260 g/mol. The zero-order chi connectivity index (χ0) is 15.0. The van der Waals surface area contributed by atoms with Gasteiger partial charge in [-0.1, -0.05) is 12.5 Å². The Kier molecular flexibility index (Phi) is 6.51. The molecule has 2 unspecified atom stereocenters. The van der Waals surface area contributed by atoms with Crippen molar-refractivity contribution < 1.29 is 19.4 Å². The van der Waals surface area contributed by atoms with E-state index in [4.69, 9.17) is 4.74 Å². The van der Waals surface area contributed by atoms with Gasteiger partial charge in [0, 0.05) is 12.6 Å². The van der Waals surface area contributed by atoms with Crippen LogP contribution in [0, 0.1) is 5.41 Å². The van der Waals surface area contributed by atoms with E-state index in [2.05, 4.69) is 17.2 Å². The summed E-state index contributed by atoms with van der Waals surface area (Å²) in [6.07, 6.45) is 4.67. The van der Waals surface area contributed by atoms with E-state index in [0.717, 1.165) is 12.8 Å². The van der Waals surface area contributed by atoms with Crippen LogP contribution in [0.2, 0.25) is 0 Å². The minimum Gasteiger partial charge on any atom is -0.481 e. The van der Waals surface area contributed by atoms with E-state index >= 15 is 0 Å². The summed E-state index contributed by atoms with van der Waals surface area (Å²) in [5.74, 6) is -0.854. The van der Waals surface area contributed by atoms with Crippen molar-refractivity contribution in [1.29, 1.82) is 0 Å². The highest BCUT2D eigenvalue weighted by Crippen LogP contribution is 2.38. The fraction of sp³-hybridized carbons (Fsp3) is 0.714. The van der Waals surface area contributed by atoms with Crippen LogP contribution in [0.15, 0.2) is 12.7 Å². The molecule has 2 amide bonds. The molecule has 3 N–H and O–H groups in total. The summed E-state index contributed by atoms with van der Waals surface area (Å²) >= 11 is 0. The van der Waals surface area contributed by atoms with Gasteiger partial charge in [0.2, 0.25) is 0 Å². The highest BCUT2D eigenvalue weighted by atomic mass is 16.5. The monoisotopic (exact) mass is 284 g/mol. The Morgan fingerprint density at radius 2 is 2.25 bits per heavy atom. The van der Waals surface area contributed by atoms with E-state index < -0.39 is 11.4 Å². The first-order valence-corrected chi connectivity index (χ1v) is 6.97. The number of hydrogen-bond acceptors (Lipinski definition) is 3. The van der Waals surface area contributed by atoms with E-state index in [1.165, 1.54) is 0 Å². The molecule has 6 nitrogen and oxygen atoms in total. The number of nitrogens with one attached hydrogen (secondary N) is 2. The minimum atomic E-state index is -0.863. The third-order valence-corrected chi connectivity index (χ3v) is 3.75. The van der Waals surface area contributed by atoms with Crippen LogP contribution in [-0.4, -0.2) is 42.9 Å². The van der Waals surface area contributed by atoms with E-state index in [1.54, 1.807) is 13.0 Å². The van der Waals surface area contributed by atoms with Gasteiger partial charge in [0.05, 0.1) is 18.6 Å². The molecule has 1 saturated carbocycles. The van der Waals surface area contributed by atoms with Gasteiger partial charge in [0.15, 0.2) is 0 Å². The Morgan fingerprint density at radius 1 is 1.50 bits per heavy atom. The predicted octanol–water partition coefficient (Wildman–Crippen LogP) is 1.52. The maximum absolute atomic E-state index is 11.7. The summed E-state index contributed by atoms with van der Waals surface area (Å²) in [4.78, 5) is 23.0. The smallest absolute Gasteiger partial charge is 0.315 e. The molecule has 2 atom stereocenters. The number of carbonyl (C=O) groups is 2. The number of hydrogen-bond donors (Lipinski definition) is 3. The second kappa shape index (κ2) is 7.89. The quantitative estimate of drug-likeness (QED) is 0.466. The number of carboxylic acids is 1. The predicted molar refractivity (Wildman–Crippen MR) is 75.5 cm³/mol. The zero-order valence-electron chi connectivity index (χ0n) is 12.0. The molecule has 0 radical (unpaired) electrons. The summed E-state index contributed by atoms with van der Waals surface area (Å²) in [6, 6.07) is -0.654. The SMILES string of the molecule is C=CCCOCCNC(=O)NC1CCCC1(C)C(=O)O. The zero-order valence-corrected chi connectivity index (χ0v) is 12.0. The van der Waals surface area contributed by atoms with Crippen LogP contribution in [-0.2, 0) is 9.53 Å². The lowest BCUT2D eigenvalue weighted by Crippen LogP contribution is -2.50. The molecule has 0 aromatic carbocycles. The van der Waals surface area contributed by atoms with Gasteiger partial charge in [-0.05, 0) is 26.2 Å². The molecule has 0 bridgehead atoms. The Labute approximate surface area is 119 Å². The van der Waals surface area contributed by atoms with Gasteiger partial charge >= 0.3 is 12.0 Å². The Bertz CT molecular complexity index is 359. The van der Waals surface area contributed by atoms with Crippen LogP contribution >= 0.6 is 0 Å². The molecule has 1 aliphatic carbocycles. The molecule has 0 spiro atoms. The molecule has 0 aliphatic heterocycles. The number of urea groups is 1. The molecule has 0 aromatic heterocycles. The molecule has 1 rings (SSSR count). The number of ether oxygens (including phenoxy) is 1. The van der Waals surface area contributed by atoms with Crippen LogP contribution in [0.4, 0.5) is 4.79 Å². The molecule has 0 saturated heterocycles. The highest BCUT2D eigenvalue weighted by Gasteiger charge is 2.45. The maximum Gasteiger partial charge on any atom is 0.315 e. The number of rotatable bonds is 8. The van der Waals surface area contributed by atoms with Crippen molar-refractivity contribution in [2.75, 3.05) is 19.8 Å². The van der Waals surface area contributed by atoms with Gasteiger partial charge in [-0.2, -0.15) is 0 Å². The van der Waals surface area contributed by atoms with Gasteiger partial charge < -0.3 is 20.5 Å². The summed E-state index contributed by atoms with van der Waals surface area (Å²) in [5.41, 5.74) is -0.863. The number of carboxylic acid groups (broad SMARTS) is 1. The van der Waals surface area contributed by atoms with Crippen LogP contribution < -0.4 is 10.6 Å². The van der Waals surface area contributed by atoms with Crippen LogP contribution in [0.3, 0.4) is 0 Å². The maximum atomic E-state index is 11.7. The minimum absolute atomic E-state index is 0.318. The molecular formula is C14H24N2O4. The summed E-state index contributed by atoms with van der Waals surface area (Å²) in [5, 5.41) is 14.7. The largest absolute Gasteiger partial charge is 0.481 e. The first kappa shape index (κ1) is 16.5. The van der Waals surface area contributed by atoms with Crippen molar-refractivity contribution in [1.82, 2.24) is 10.6 Å². The first-order valence-electron chi connectivity index (χ1n) is 6.97. The average molecular weight is 284 g/mol. The second-order valence-electron chi connectivity index (χ2n) is 5.26. The standard InChI is InChI=1S/C14H24N2O4/c1-3-4-9-20-10-8-15-13(19)16-11-6-5-7-14(11,2)12(17)18/h3,11H,1,4-10H2,2H3,(H,17,18)(H2,15,16,19). The lowest BCUT2D eigenvalue weighted by atomic mass is 9.85. The third kappa shape index (κ3) is 4.52. The molecule has 1 fully saturated rings. The van der Waals surface area contributed by atoms with E-state index in [-0.39, 0.29) is 12.1 Å². The fourth-order valence-electron chi connectivity index (χ4n) is 2.37. The van der Waals surface area contributed by atoms with Crippen molar-refractivity contribution in [2.45, 2.75) is 38.6 Å². The normalized spacial score (nSPS) is 25.1. The van der Waals surface area contributed by atoms with Gasteiger partial charge in [-0.3, -0.25) is 4.79 Å². The second-order valence-corrected chi connectivity index (χ2v) is 5.26. The Morgan fingerprint density at radius 3 is 2.90 bits per heavy atom. The van der Waals surface area contributed by atoms with E-state index in [9.17, 15) is 14.7 Å². The van der Waals surface area contributed by atoms with Gasteiger partial charge in [0.1, 0.15) is 0 Å². The average Bonchev–Trinajstić information content (AvgIpc) is 2.76. The van der Waals surface area contributed by atoms with Crippen molar-refractivity contribution in [3.63, 3.8) is 0 Å². The molecule has 0 aromatic rings. The Balaban J connectivity index is 2.25. The van der Waals surface area contributed by atoms with Crippen molar-refractivity contribution in [3.05, 3.63) is 12.7 Å². The number of aliphatic carboxylic acids is 1.